The van der Waals surface area contributed by atoms with Gasteiger partial charge in [-0.2, -0.15) is 0 Å². The van der Waals surface area contributed by atoms with Gasteiger partial charge in [0.2, 0.25) is 0 Å². The number of hydrogen-bond acceptors (Lipinski definition) is 5. The van der Waals surface area contributed by atoms with Gasteiger partial charge in [-0.25, -0.2) is 0 Å². The lowest BCUT2D eigenvalue weighted by Gasteiger charge is -2.27. The minimum absolute atomic E-state index is 0.105. The second-order valence-corrected chi connectivity index (χ2v) is 5.17. The molecule has 6 heteroatoms. The van der Waals surface area contributed by atoms with Crippen molar-refractivity contribution in [2.45, 2.75) is 12.6 Å². The first-order valence-electron chi connectivity index (χ1n) is 7.01. The molecule has 6 nitrogen and oxygen atoms in total. The van der Waals surface area contributed by atoms with Crippen molar-refractivity contribution in [1.82, 2.24) is 4.90 Å². The van der Waals surface area contributed by atoms with Gasteiger partial charge in [0.1, 0.15) is 5.75 Å². The summed E-state index contributed by atoms with van der Waals surface area (Å²) in [6, 6.07) is 7.65. The molecule has 2 rings (SSSR count). The van der Waals surface area contributed by atoms with Gasteiger partial charge in [-0.1, -0.05) is 12.1 Å². The summed E-state index contributed by atoms with van der Waals surface area (Å²) in [6.45, 7) is 3.47. The molecule has 0 bridgehead atoms. The molecule has 0 saturated carbocycles. The lowest BCUT2D eigenvalue weighted by atomic mass is 10.2. The van der Waals surface area contributed by atoms with Crippen molar-refractivity contribution in [2.75, 3.05) is 40.0 Å². The number of primary amides is 1. The molecule has 1 heterocycles. The van der Waals surface area contributed by atoms with Crippen LogP contribution in [0.1, 0.15) is 5.56 Å². The number of carbonyl (C=O) groups excluding carboxylic acids is 1. The van der Waals surface area contributed by atoms with Gasteiger partial charge < -0.3 is 19.9 Å². The number of hydrogen-bond donors (Lipinski definition) is 1. The summed E-state index contributed by atoms with van der Waals surface area (Å²) in [5.41, 5.74) is 6.17. The van der Waals surface area contributed by atoms with Gasteiger partial charge in [0.15, 0.2) is 6.61 Å². The van der Waals surface area contributed by atoms with E-state index in [-0.39, 0.29) is 12.7 Å². The first-order valence-corrected chi connectivity index (χ1v) is 7.01. The van der Waals surface area contributed by atoms with Gasteiger partial charge in [0.05, 0.1) is 25.9 Å². The number of rotatable bonds is 7. The van der Waals surface area contributed by atoms with Crippen LogP contribution in [-0.4, -0.2) is 56.9 Å². The molecule has 0 spiro atoms. The zero-order chi connectivity index (χ0) is 15.1. The maximum atomic E-state index is 10.7. The fraction of sp³-hybridized carbons (Fsp3) is 0.533. The van der Waals surface area contributed by atoms with E-state index < -0.39 is 5.91 Å². The summed E-state index contributed by atoms with van der Waals surface area (Å²) in [5, 5.41) is 0. The molecule has 1 atom stereocenters. The Kier molecular flexibility index (Phi) is 5.98. The highest BCUT2D eigenvalue weighted by Gasteiger charge is 2.16. The van der Waals surface area contributed by atoms with E-state index in [4.69, 9.17) is 19.9 Å². The number of ether oxygens (including phenoxy) is 3. The van der Waals surface area contributed by atoms with Crippen molar-refractivity contribution in [1.29, 1.82) is 0 Å². The smallest absolute Gasteiger partial charge is 0.255 e. The van der Waals surface area contributed by atoms with E-state index in [9.17, 15) is 4.79 Å². The quantitative estimate of drug-likeness (QED) is 0.788. The molecule has 1 fully saturated rings. The number of nitrogens with two attached hydrogens (primary N) is 1. The van der Waals surface area contributed by atoms with E-state index in [1.54, 1.807) is 0 Å². The SMILES string of the molecule is CN(Cc1cccc(OCC(N)=O)c1)CC1COCCO1. The highest BCUT2D eigenvalue weighted by molar-refractivity contribution is 5.75. The molecular weight excluding hydrogens is 272 g/mol. The van der Waals surface area contributed by atoms with Crippen LogP contribution < -0.4 is 10.5 Å². The van der Waals surface area contributed by atoms with Crippen LogP contribution in [0.15, 0.2) is 24.3 Å². The van der Waals surface area contributed by atoms with Crippen LogP contribution >= 0.6 is 0 Å². The van der Waals surface area contributed by atoms with Crippen LogP contribution in [0.3, 0.4) is 0 Å². The van der Waals surface area contributed by atoms with Gasteiger partial charge in [0.25, 0.3) is 5.91 Å². The first-order chi connectivity index (χ1) is 10.1. The summed E-state index contributed by atoms with van der Waals surface area (Å²) >= 11 is 0. The number of nitrogens with zero attached hydrogens (tertiary/aromatic N) is 1. The van der Waals surface area contributed by atoms with E-state index in [0.29, 0.717) is 25.6 Å². The minimum atomic E-state index is -0.480. The fourth-order valence-electron chi connectivity index (χ4n) is 2.25. The Morgan fingerprint density at radius 2 is 2.33 bits per heavy atom. The first kappa shape index (κ1) is 15.8. The maximum Gasteiger partial charge on any atom is 0.255 e. The Morgan fingerprint density at radius 3 is 3.05 bits per heavy atom. The summed E-state index contributed by atoms with van der Waals surface area (Å²) in [6.07, 6.45) is 0.123. The molecule has 1 unspecified atom stereocenters. The highest BCUT2D eigenvalue weighted by atomic mass is 16.6. The van der Waals surface area contributed by atoms with Crippen LogP contribution in [0.4, 0.5) is 0 Å². The monoisotopic (exact) mass is 294 g/mol. The van der Waals surface area contributed by atoms with Crippen LogP contribution in [0.2, 0.25) is 0 Å². The summed E-state index contributed by atoms with van der Waals surface area (Å²) in [7, 11) is 2.04. The van der Waals surface area contributed by atoms with Gasteiger partial charge >= 0.3 is 0 Å². The molecule has 0 aromatic heterocycles. The minimum Gasteiger partial charge on any atom is -0.484 e. The van der Waals surface area contributed by atoms with Crippen LogP contribution in [0.5, 0.6) is 5.75 Å². The third-order valence-electron chi connectivity index (χ3n) is 3.13. The summed E-state index contributed by atoms with van der Waals surface area (Å²) in [4.78, 5) is 12.9. The lowest BCUT2D eigenvalue weighted by Crippen LogP contribution is -2.38. The molecule has 1 aliphatic heterocycles. The molecule has 116 valence electrons. The van der Waals surface area contributed by atoms with E-state index in [0.717, 1.165) is 18.7 Å². The molecule has 1 saturated heterocycles. The summed E-state index contributed by atoms with van der Waals surface area (Å²) < 4.78 is 16.3. The van der Waals surface area contributed by atoms with Crippen LogP contribution in [-0.2, 0) is 20.8 Å². The number of amides is 1. The van der Waals surface area contributed by atoms with Crippen molar-refractivity contribution >= 4 is 5.91 Å². The zero-order valence-corrected chi connectivity index (χ0v) is 12.3. The third kappa shape index (κ3) is 5.71. The summed E-state index contributed by atoms with van der Waals surface area (Å²) in [5.74, 6) is 0.170. The Morgan fingerprint density at radius 1 is 1.48 bits per heavy atom. The normalized spacial score (nSPS) is 18.7. The predicted octanol–water partition coefficient (Wildman–Crippen LogP) is 0.398. The maximum absolute atomic E-state index is 10.7. The largest absolute Gasteiger partial charge is 0.484 e. The molecule has 0 aliphatic carbocycles. The van der Waals surface area contributed by atoms with Crippen molar-refractivity contribution in [3.8, 4) is 5.75 Å². The van der Waals surface area contributed by atoms with Gasteiger partial charge in [0, 0.05) is 13.1 Å². The van der Waals surface area contributed by atoms with Gasteiger partial charge in [-0.3, -0.25) is 9.69 Å². The molecule has 2 N–H and O–H groups in total. The molecule has 1 aliphatic rings. The van der Waals surface area contributed by atoms with Gasteiger partial charge in [-0.05, 0) is 24.7 Å². The molecule has 21 heavy (non-hydrogen) atoms. The lowest BCUT2D eigenvalue weighted by molar-refractivity contribution is -0.119. The molecule has 1 aromatic rings. The second-order valence-electron chi connectivity index (χ2n) is 5.17. The molecular formula is C15H22N2O4. The predicted molar refractivity (Wildman–Crippen MR) is 78.0 cm³/mol. The highest BCUT2D eigenvalue weighted by Crippen LogP contribution is 2.15. The van der Waals surface area contributed by atoms with Crippen molar-refractivity contribution in [3.63, 3.8) is 0 Å². The van der Waals surface area contributed by atoms with Crippen molar-refractivity contribution in [3.05, 3.63) is 29.8 Å². The number of carbonyl (C=O) groups is 1. The van der Waals surface area contributed by atoms with E-state index in [2.05, 4.69) is 4.90 Å². The Balaban J connectivity index is 1.83. The van der Waals surface area contributed by atoms with Crippen LogP contribution in [0, 0.1) is 0 Å². The Bertz CT molecular complexity index is 461. The average molecular weight is 294 g/mol. The standard InChI is InChI=1S/C15H22N2O4/c1-17(9-14-10-19-5-6-20-14)8-12-3-2-4-13(7-12)21-11-15(16)18/h2-4,7,14H,5-6,8-11H2,1H3,(H2,16,18). The molecule has 0 radical (unpaired) electrons. The molecule has 1 amide bonds. The van der Waals surface area contributed by atoms with Gasteiger partial charge in [-0.15, -0.1) is 0 Å². The molecule has 1 aromatic carbocycles. The van der Waals surface area contributed by atoms with E-state index >= 15 is 0 Å². The number of benzene rings is 1. The van der Waals surface area contributed by atoms with E-state index in [1.807, 2.05) is 31.3 Å². The topological polar surface area (TPSA) is 74.0 Å². The zero-order valence-electron chi connectivity index (χ0n) is 12.3. The Labute approximate surface area is 124 Å². The number of likely N-dealkylation sites (N-methyl/N-ethyl adjacent to an activating group) is 1. The van der Waals surface area contributed by atoms with Crippen molar-refractivity contribution in [2.24, 2.45) is 5.73 Å². The third-order valence-corrected chi connectivity index (χ3v) is 3.13. The van der Waals surface area contributed by atoms with E-state index in [1.165, 1.54) is 0 Å². The second kappa shape index (κ2) is 7.97. The van der Waals surface area contributed by atoms with Crippen molar-refractivity contribution < 1.29 is 19.0 Å². The average Bonchev–Trinajstić information content (AvgIpc) is 2.46. The fourth-order valence-corrected chi connectivity index (χ4v) is 2.25. The van der Waals surface area contributed by atoms with Crippen LogP contribution in [0.25, 0.3) is 0 Å². The Hall–Kier alpha value is -1.63.